The van der Waals surface area contributed by atoms with Crippen LogP contribution in [0.1, 0.15) is 32.4 Å². The average molecular weight is 415 g/mol. The fourth-order valence-electron chi connectivity index (χ4n) is 2.76. The smallest absolute Gasteiger partial charge is 0.296 e. The van der Waals surface area contributed by atoms with Crippen LogP contribution in [-0.4, -0.2) is 20.5 Å². The molecule has 142 valence electrons. The van der Waals surface area contributed by atoms with Crippen LogP contribution in [0.5, 0.6) is 0 Å². The lowest BCUT2D eigenvalue weighted by Gasteiger charge is -2.04. The van der Waals surface area contributed by atoms with Crippen LogP contribution in [0.2, 0.25) is 5.02 Å². The highest BCUT2D eigenvalue weighted by atomic mass is 35.5. The third-order valence-corrected chi connectivity index (χ3v) is 5.71. The van der Waals surface area contributed by atoms with Crippen molar-refractivity contribution >= 4 is 33.8 Å². The van der Waals surface area contributed by atoms with Crippen LogP contribution in [0.15, 0.2) is 51.9 Å². The first-order valence-corrected chi connectivity index (χ1v) is 9.65. The number of halogens is 1. The lowest BCUT2D eigenvalue weighted by molar-refractivity contribution is 0.0951. The Labute approximate surface area is 168 Å². The quantitative estimate of drug-likeness (QED) is 0.541. The Kier molecular flexibility index (Phi) is 4.97. The van der Waals surface area contributed by atoms with Crippen LogP contribution in [0.3, 0.4) is 0 Å². The first-order chi connectivity index (χ1) is 13.5. The summed E-state index contributed by atoms with van der Waals surface area (Å²) in [6.07, 6.45) is 1.82. The molecule has 0 atom stereocenters. The van der Waals surface area contributed by atoms with Crippen LogP contribution in [-0.2, 0) is 13.0 Å². The van der Waals surface area contributed by atoms with Gasteiger partial charge in [0.05, 0.1) is 18.5 Å². The molecule has 0 radical (unpaired) electrons. The number of furan rings is 1. The molecular formula is C19H15ClN4O3S. The van der Waals surface area contributed by atoms with Crippen molar-refractivity contribution in [3.05, 3.63) is 85.6 Å². The van der Waals surface area contributed by atoms with Gasteiger partial charge in [-0.3, -0.25) is 9.59 Å². The second-order valence-corrected chi connectivity index (χ2v) is 7.49. The molecule has 1 aromatic carbocycles. The van der Waals surface area contributed by atoms with E-state index in [1.54, 1.807) is 31.4 Å². The Hall–Kier alpha value is -2.97. The van der Waals surface area contributed by atoms with E-state index in [1.165, 1.54) is 4.52 Å². The number of benzene rings is 1. The molecule has 0 bridgehead atoms. The molecule has 0 saturated carbocycles. The molecule has 1 amide bonds. The molecular weight excluding hydrogens is 400 g/mol. The maximum absolute atomic E-state index is 12.5. The van der Waals surface area contributed by atoms with Gasteiger partial charge in [-0.05, 0) is 30.7 Å². The molecule has 3 heterocycles. The highest BCUT2D eigenvalue weighted by Crippen LogP contribution is 2.21. The van der Waals surface area contributed by atoms with Crippen molar-refractivity contribution in [2.75, 3.05) is 0 Å². The van der Waals surface area contributed by atoms with Crippen molar-refractivity contribution in [2.45, 2.75) is 19.9 Å². The van der Waals surface area contributed by atoms with E-state index in [0.717, 1.165) is 16.9 Å². The summed E-state index contributed by atoms with van der Waals surface area (Å²) in [7, 11) is 0. The third-order valence-electron chi connectivity index (χ3n) is 4.21. The van der Waals surface area contributed by atoms with E-state index in [2.05, 4.69) is 15.4 Å². The minimum absolute atomic E-state index is 0.268. The van der Waals surface area contributed by atoms with Gasteiger partial charge in [0.1, 0.15) is 16.3 Å². The molecule has 0 aliphatic carbocycles. The van der Waals surface area contributed by atoms with Crippen molar-refractivity contribution in [3.8, 4) is 0 Å². The van der Waals surface area contributed by atoms with Crippen molar-refractivity contribution < 1.29 is 9.21 Å². The van der Waals surface area contributed by atoms with E-state index in [1.807, 2.05) is 18.2 Å². The molecule has 0 aliphatic heterocycles. The monoisotopic (exact) mass is 414 g/mol. The van der Waals surface area contributed by atoms with Crippen molar-refractivity contribution in [1.29, 1.82) is 0 Å². The van der Waals surface area contributed by atoms with E-state index in [9.17, 15) is 9.59 Å². The highest BCUT2D eigenvalue weighted by Gasteiger charge is 2.19. The number of hydrogen-bond acceptors (Lipinski definition) is 6. The number of hydrogen-bond donors (Lipinski definition) is 1. The maximum atomic E-state index is 12.5. The predicted molar refractivity (Wildman–Crippen MR) is 106 cm³/mol. The fourth-order valence-corrected chi connectivity index (χ4v) is 3.93. The van der Waals surface area contributed by atoms with Crippen LogP contribution < -0.4 is 10.9 Å². The first kappa shape index (κ1) is 18.4. The summed E-state index contributed by atoms with van der Waals surface area (Å²) in [4.78, 5) is 29.8. The highest BCUT2D eigenvalue weighted by molar-refractivity contribution is 7.19. The number of fused-ring (bicyclic) bond motifs is 1. The SMILES string of the molecule is Cc1c(C(=O)NCc2ccco2)sc2nc(=O)c(Cc3ccccc3Cl)nn12. The van der Waals surface area contributed by atoms with Crippen molar-refractivity contribution in [3.63, 3.8) is 0 Å². The lowest BCUT2D eigenvalue weighted by Crippen LogP contribution is -2.22. The molecule has 4 aromatic rings. The van der Waals surface area contributed by atoms with Gasteiger partial charge < -0.3 is 9.73 Å². The number of rotatable bonds is 5. The second kappa shape index (κ2) is 7.57. The number of carbonyl (C=O) groups excluding carboxylic acids is 1. The van der Waals surface area contributed by atoms with E-state index >= 15 is 0 Å². The molecule has 0 spiro atoms. The Morgan fingerprint density at radius 2 is 2.11 bits per heavy atom. The van der Waals surface area contributed by atoms with Gasteiger partial charge in [-0.2, -0.15) is 10.1 Å². The summed E-state index contributed by atoms with van der Waals surface area (Å²) in [5, 5.41) is 7.78. The number of thiazole rings is 1. The Balaban J connectivity index is 1.64. The van der Waals surface area contributed by atoms with Crippen LogP contribution >= 0.6 is 22.9 Å². The molecule has 0 saturated heterocycles. The second-order valence-electron chi connectivity index (χ2n) is 6.10. The minimum atomic E-state index is -0.427. The molecule has 7 nitrogen and oxygen atoms in total. The van der Waals surface area contributed by atoms with E-state index in [0.29, 0.717) is 26.3 Å². The Morgan fingerprint density at radius 1 is 1.29 bits per heavy atom. The number of aryl methyl sites for hydroxylation is 1. The molecule has 0 unspecified atom stereocenters. The summed E-state index contributed by atoms with van der Waals surface area (Å²) in [5.74, 6) is 0.381. The standard InChI is InChI=1S/C19H15ClN4O3S/c1-11-16(18(26)21-10-13-6-4-8-27-13)28-19-22-17(25)15(23-24(11)19)9-12-5-2-3-7-14(12)20/h2-8H,9-10H2,1H3,(H,21,26). The number of nitrogens with zero attached hydrogens (tertiary/aromatic N) is 3. The normalized spacial score (nSPS) is 11.1. The zero-order valence-corrected chi connectivity index (χ0v) is 16.4. The van der Waals surface area contributed by atoms with E-state index in [-0.39, 0.29) is 24.6 Å². The number of amides is 1. The largest absolute Gasteiger partial charge is 0.467 e. The van der Waals surface area contributed by atoms with Gasteiger partial charge in [-0.15, -0.1) is 0 Å². The van der Waals surface area contributed by atoms with E-state index < -0.39 is 5.56 Å². The minimum Gasteiger partial charge on any atom is -0.467 e. The summed E-state index contributed by atoms with van der Waals surface area (Å²) in [6.45, 7) is 2.04. The molecule has 0 fully saturated rings. The Bertz CT molecular complexity index is 1210. The molecule has 28 heavy (non-hydrogen) atoms. The molecule has 9 heteroatoms. The summed E-state index contributed by atoms with van der Waals surface area (Å²) < 4.78 is 6.74. The van der Waals surface area contributed by atoms with Gasteiger partial charge in [-0.25, -0.2) is 4.52 Å². The van der Waals surface area contributed by atoms with Gasteiger partial charge in [0.25, 0.3) is 11.5 Å². The van der Waals surface area contributed by atoms with Crippen LogP contribution in [0.25, 0.3) is 4.96 Å². The van der Waals surface area contributed by atoms with Crippen LogP contribution in [0, 0.1) is 6.92 Å². The Morgan fingerprint density at radius 3 is 2.86 bits per heavy atom. The summed E-state index contributed by atoms with van der Waals surface area (Å²) in [5.41, 5.74) is 1.25. The molecule has 0 aliphatic rings. The van der Waals surface area contributed by atoms with Crippen molar-refractivity contribution in [1.82, 2.24) is 19.9 Å². The lowest BCUT2D eigenvalue weighted by atomic mass is 10.1. The summed E-state index contributed by atoms with van der Waals surface area (Å²) >= 11 is 7.31. The maximum Gasteiger partial charge on any atom is 0.296 e. The number of aromatic nitrogens is 3. The predicted octanol–water partition coefficient (Wildman–Crippen LogP) is 3.23. The van der Waals surface area contributed by atoms with Gasteiger partial charge >= 0.3 is 0 Å². The number of carbonyl (C=O) groups is 1. The molecule has 4 rings (SSSR count). The van der Waals surface area contributed by atoms with E-state index in [4.69, 9.17) is 16.0 Å². The fraction of sp³-hybridized carbons (Fsp3) is 0.158. The zero-order chi connectivity index (χ0) is 19.7. The van der Waals surface area contributed by atoms with Crippen molar-refractivity contribution in [2.24, 2.45) is 0 Å². The molecule has 3 aromatic heterocycles. The molecule has 1 N–H and O–H groups in total. The van der Waals surface area contributed by atoms with Gasteiger partial charge in [0.2, 0.25) is 4.96 Å². The van der Waals surface area contributed by atoms with Gasteiger partial charge in [-0.1, -0.05) is 41.1 Å². The van der Waals surface area contributed by atoms with Gasteiger partial charge in [0.15, 0.2) is 0 Å². The summed E-state index contributed by atoms with van der Waals surface area (Å²) in [6, 6.07) is 10.8. The number of nitrogens with one attached hydrogen (secondary N) is 1. The first-order valence-electron chi connectivity index (χ1n) is 8.46. The van der Waals surface area contributed by atoms with Gasteiger partial charge in [0, 0.05) is 11.4 Å². The average Bonchev–Trinajstić information content (AvgIpc) is 3.30. The topological polar surface area (TPSA) is 89.5 Å². The third kappa shape index (κ3) is 3.56. The van der Waals surface area contributed by atoms with Crippen LogP contribution in [0.4, 0.5) is 0 Å². The zero-order valence-electron chi connectivity index (χ0n) is 14.8.